The number of esters is 1. The highest BCUT2D eigenvalue weighted by Gasteiger charge is 2.47. The lowest BCUT2D eigenvalue weighted by molar-refractivity contribution is -0.156. The zero-order chi connectivity index (χ0) is 19.7. The number of carbonyl (C=O) groups excluding carboxylic acids is 1. The Labute approximate surface area is 160 Å². The van der Waals surface area contributed by atoms with Gasteiger partial charge in [-0.15, -0.1) is 0 Å². The minimum absolute atomic E-state index is 0.123. The van der Waals surface area contributed by atoms with Gasteiger partial charge in [0.25, 0.3) is 5.89 Å². The smallest absolute Gasteiger partial charge is 0.317 e. The first-order chi connectivity index (χ1) is 13.5. The Morgan fingerprint density at radius 2 is 1.93 bits per heavy atom. The summed E-state index contributed by atoms with van der Waals surface area (Å²) in [5.74, 6) is -0.759. The summed E-state index contributed by atoms with van der Waals surface area (Å²) in [6.07, 6.45) is 2.19. The zero-order valence-corrected chi connectivity index (χ0v) is 15.2. The molecule has 4 rings (SSSR count). The van der Waals surface area contributed by atoms with Crippen LogP contribution in [0.15, 0.2) is 47.0 Å². The summed E-state index contributed by atoms with van der Waals surface area (Å²) in [6.45, 7) is 1.49. The second-order valence-corrected chi connectivity index (χ2v) is 6.99. The highest BCUT2D eigenvalue weighted by atomic mass is 19.1. The van der Waals surface area contributed by atoms with Crippen LogP contribution in [0, 0.1) is 18.6 Å². The quantitative estimate of drug-likeness (QED) is 0.607. The minimum atomic E-state index is -0.753. The monoisotopic (exact) mass is 384 g/mol. The lowest BCUT2D eigenvalue weighted by Crippen LogP contribution is -2.43. The molecule has 1 saturated carbocycles. The molecule has 0 radical (unpaired) electrons. The molecule has 1 heterocycles. The number of rotatable bonds is 5. The molecule has 0 bridgehead atoms. The van der Waals surface area contributed by atoms with E-state index in [1.54, 1.807) is 31.2 Å². The number of carbonyl (C=O) groups is 1. The van der Waals surface area contributed by atoms with Crippen LogP contribution in [0.1, 0.15) is 36.3 Å². The summed E-state index contributed by atoms with van der Waals surface area (Å²) in [5.41, 5.74) is 0.988. The predicted octanol–water partition coefficient (Wildman–Crippen LogP) is 4.49. The molecule has 1 aliphatic carbocycles. The molecule has 3 aromatic rings. The van der Waals surface area contributed by atoms with Crippen LogP contribution in [0.25, 0.3) is 11.4 Å². The van der Waals surface area contributed by atoms with Gasteiger partial charge in [0.1, 0.15) is 11.6 Å². The molecule has 7 heteroatoms. The van der Waals surface area contributed by atoms with E-state index in [0.29, 0.717) is 24.0 Å². The summed E-state index contributed by atoms with van der Waals surface area (Å²) >= 11 is 0. The standard InChI is InChI=1S/C21H18F2N2O3/c1-13-3-4-14(11-17(13)23)19-24-18(28-25-19)12-27-20(26)21(9-2-10-21)15-5-7-16(22)8-6-15/h3-8,11H,2,9-10,12H2,1H3. The van der Waals surface area contributed by atoms with Crippen molar-refractivity contribution in [3.8, 4) is 11.4 Å². The van der Waals surface area contributed by atoms with Crippen molar-refractivity contribution in [1.82, 2.24) is 10.1 Å². The van der Waals surface area contributed by atoms with E-state index in [2.05, 4.69) is 10.1 Å². The number of aryl methyl sites for hydroxylation is 1. The van der Waals surface area contributed by atoms with Gasteiger partial charge in [0, 0.05) is 5.56 Å². The second-order valence-electron chi connectivity index (χ2n) is 6.99. The van der Waals surface area contributed by atoms with Gasteiger partial charge in [-0.1, -0.05) is 35.8 Å². The first kappa shape index (κ1) is 18.3. The second kappa shape index (κ2) is 7.14. The topological polar surface area (TPSA) is 65.2 Å². The van der Waals surface area contributed by atoms with Crippen LogP contribution in [-0.4, -0.2) is 16.1 Å². The van der Waals surface area contributed by atoms with Crippen molar-refractivity contribution in [1.29, 1.82) is 0 Å². The minimum Gasteiger partial charge on any atom is -0.455 e. The maximum absolute atomic E-state index is 13.7. The van der Waals surface area contributed by atoms with E-state index < -0.39 is 11.4 Å². The molecule has 0 unspecified atom stereocenters. The Balaban J connectivity index is 1.45. The molecule has 28 heavy (non-hydrogen) atoms. The van der Waals surface area contributed by atoms with Crippen molar-refractivity contribution >= 4 is 5.97 Å². The summed E-state index contributed by atoms with van der Waals surface area (Å²) < 4.78 is 37.4. The van der Waals surface area contributed by atoms with Gasteiger partial charge in [0.15, 0.2) is 6.61 Å². The Hall–Kier alpha value is -3.09. The predicted molar refractivity (Wildman–Crippen MR) is 96.2 cm³/mol. The molecule has 2 aromatic carbocycles. The number of hydrogen-bond acceptors (Lipinski definition) is 5. The van der Waals surface area contributed by atoms with E-state index in [9.17, 15) is 13.6 Å². The fraction of sp³-hybridized carbons (Fsp3) is 0.286. The maximum atomic E-state index is 13.7. The van der Waals surface area contributed by atoms with Gasteiger partial charge in [0.05, 0.1) is 5.41 Å². The van der Waals surface area contributed by atoms with Crippen molar-refractivity contribution in [3.05, 3.63) is 71.1 Å². The molecule has 0 atom stereocenters. The van der Waals surface area contributed by atoms with E-state index in [1.807, 2.05) is 0 Å². The van der Waals surface area contributed by atoms with Gasteiger partial charge in [-0.05, 0) is 49.1 Å². The molecule has 0 N–H and O–H groups in total. The van der Waals surface area contributed by atoms with Crippen molar-refractivity contribution in [2.45, 2.75) is 38.2 Å². The molecule has 0 spiro atoms. The molecule has 5 nitrogen and oxygen atoms in total. The summed E-state index contributed by atoms with van der Waals surface area (Å²) in [6, 6.07) is 10.6. The summed E-state index contributed by atoms with van der Waals surface area (Å²) in [5, 5.41) is 3.81. The van der Waals surface area contributed by atoms with Crippen LogP contribution in [0.2, 0.25) is 0 Å². The van der Waals surface area contributed by atoms with E-state index in [4.69, 9.17) is 9.26 Å². The van der Waals surface area contributed by atoms with Crippen molar-refractivity contribution in [2.75, 3.05) is 0 Å². The molecule has 0 aliphatic heterocycles. The van der Waals surface area contributed by atoms with Crippen LogP contribution in [0.4, 0.5) is 8.78 Å². The summed E-state index contributed by atoms with van der Waals surface area (Å²) in [4.78, 5) is 16.9. The van der Waals surface area contributed by atoms with Gasteiger partial charge < -0.3 is 9.26 Å². The number of benzene rings is 2. The Bertz CT molecular complexity index is 1010. The van der Waals surface area contributed by atoms with Crippen molar-refractivity contribution in [2.24, 2.45) is 0 Å². The fourth-order valence-electron chi connectivity index (χ4n) is 3.34. The third-order valence-electron chi connectivity index (χ3n) is 5.22. The van der Waals surface area contributed by atoms with Gasteiger partial charge >= 0.3 is 5.97 Å². The molecule has 0 amide bonds. The lowest BCUT2D eigenvalue weighted by Gasteiger charge is -2.39. The van der Waals surface area contributed by atoms with Crippen LogP contribution < -0.4 is 0 Å². The fourth-order valence-corrected chi connectivity index (χ4v) is 3.34. The first-order valence-corrected chi connectivity index (χ1v) is 9.00. The van der Waals surface area contributed by atoms with Gasteiger partial charge in [-0.2, -0.15) is 4.98 Å². The third-order valence-corrected chi connectivity index (χ3v) is 5.22. The van der Waals surface area contributed by atoms with Crippen LogP contribution in [0.5, 0.6) is 0 Å². The van der Waals surface area contributed by atoms with E-state index >= 15 is 0 Å². The highest BCUT2D eigenvalue weighted by Crippen LogP contribution is 2.45. The maximum Gasteiger partial charge on any atom is 0.317 e. The Morgan fingerprint density at radius 1 is 1.18 bits per heavy atom. The van der Waals surface area contributed by atoms with Gasteiger partial charge in [0.2, 0.25) is 5.82 Å². The van der Waals surface area contributed by atoms with E-state index in [1.165, 1.54) is 18.2 Å². The lowest BCUT2D eigenvalue weighted by atomic mass is 9.64. The molecule has 1 aliphatic rings. The normalized spacial score (nSPS) is 15.1. The average molecular weight is 384 g/mol. The molecular formula is C21H18F2N2O3. The largest absolute Gasteiger partial charge is 0.455 e. The third kappa shape index (κ3) is 3.28. The van der Waals surface area contributed by atoms with Gasteiger partial charge in [-0.25, -0.2) is 8.78 Å². The van der Waals surface area contributed by atoms with Crippen molar-refractivity contribution in [3.63, 3.8) is 0 Å². The molecule has 1 fully saturated rings. The van der Waals surface area contributed by atoms with Crippen LogP contribution >= 0.6 is 0 Å². The van der Waals surface area contributed by atoms with Crippen LogP contribution in [0.3, 0.4) is 0 Å². The highest BCUT2D eigenvalue weighted by molar-refractivity contribution is 5.84. The SMILES string of the molecule is Cc1ccc(-c2noc(COC(=O)C3(c4ccc(F)cc4)CCC3)n2)cc1F. The number of nitrogens with zero attached hydrogens (tertiary/aromatic N) is 2. The molecule has 0 saturated heterocycles. The first-order valence-electron chi connectivity index (χ1n) is 9.00. The molecular weight excluding hydrogens is 366 g/mol. The number of aromatic nitrogens is 2. The van der Waals surface area contributed by atoms with E-state index in [0.717, 1.165) is 12.0 Å². The zero-order valence-electron chi connectivity index (χ0n) is 15.2. The Kier molecular flexibility index (Phi) is 4.66. The molecule has 144 valence electrons. The number of ether oxygens (including phenoxy) is 1. The van der Waals surface area contributed by atoms with E-state index in [-0.39, 0.29) is 30.0 Å². The average Bonchev–Trinajstić information content (AvgIpc) is 3.12. The van der Waals surface area contributed by atoms with Crippen LogP contribution in [-0.2, 0) is 21.6 Å². The summed E-state index contributed by atoms with van der Waals surface area (Å²) in [7, 11) is 0. The molecule has 1 aromatic heterocycles. The number of hydrogen-bond donors (Lipinski definition) is 0. The Morgan fingerprint density at radius 3 is 2.57 bits per heavy atom. The van der Waals surface area contributed by atoms with Crippen molar-refractivity contribution < 1.29 is 22.8 Å². The number of halogens is 2. The van der Waals surface area contributed by atoms with Gasteiger partial charge in [-0.3, -0.25) is 4.79 Å².